The van der Waals surface area contributed by atoms with Crippen LogP contribution < -0.4 is 9.47 Å². The highest BCUT2D eigenvalue weighted by molar-refractivity contribution is 9.10. The summed E-state index contributed by atoms with van der Waals surface area (Å²) >= 11 is 3.46. The van der Waals surface area contributed by atoms with Crippen LogP contribution in [0.2, 0.25) is 0 Å². The lowest BCUT2D eigenvalue weighted by Crippen LogP contribution is -2.27. The number of ether oxygens (including phenoxy) is 2. The smallest absolute Gasteiger partial charge is 0.248 e. The minimum absolute atomic E-state index is 0.110. The van der Waals surface area contributed by atoms with Crippen LogP contribution in [-0.4, -0.2) is 38.1 Å². The number of aromatic nitrogens is 1. The molecule has 0 fully saturated rings. The summed E-state index contributed by atoms with van der Waals surface area (Å²) in [6.45, 7) is 4.34. The second-order valence-electron chi connectivity index (χ2n) is 5.50. The molecule has 0 atom stereocenters. The molecule has 0 aliphatic carbocycles. The topological polar surface area (TPSA) is 81.9 Å². The third-order valence-electron chi connectivity index (χ3n) is 3.74. The first kappa shape index (κ1) is 17.2. The number of hydrogen-bond donors (Lipinski definition) is 0. The Kier molecular flexibility index (Phi) is 4.58. The van der Waals surface area contributed by atoms with E-state index in [-0.39, 0.29) is 17.2 Å². The molecule has 7 nitrogen and oxygen atoms in total. The van der Waals surface area contributed by atoms with E-state index >= 15 is 0 Å². The second kappa shape index (κ2) is 6.38. The van der Waals surface area contributed by atoms with Gasteiger partial charge in [-0.15, -0.1) is 0 Å². The number of halogens is 1. The summed E-state index contributed by atoms with van der Waals surface area (Å²) in [5.41, 5.74) is 1.12. The Morgan fingerprint density at radius 3 is 2.42 bits per heavy atom. The molecule has 2 aromatic rings. The molecular weight excluding hydrogens is 400 g/mol. The highest BCUT2D eigenvalue weighted by Crippen LogP contribution is 2.36. The molecule has 0 radical (unpaired) electrons. The van der Waals surface area contributed by atoms with Gasteiger partial charge in [-0.25, -0.2) is 8.42 Å². The van der Waals surface area contributed by atoms with Crippen LogP contribution in [0.3, 0.4) is 0 Å². The normalized spacial score (nSPS) is 14.2. The zero-order valence-electron chi connectivity index (χ0n) is 13.5. The highest BCUT2D eigenvalue weighted by atomic mass is 79.9. The molecule has 1 aliphatic rings. The lowest BCUT2D eigenvalue weighted by molar-refractivity contribution is 0.171. The molecule has 0 saturated heterocycles. The van der Waals surface area contributed by atoms with Crippen molar-refractivity contribution in [2.45, 2.75) is 25.3 Å². The third-order valence-corrected chi connectivity index (χ3v) is 6.53. The van der Waals surface area contributed by atoms with E-state index in [1.165, 1.54) is 11.4 Å². The van der Waals surface area contributed by atoms with Gasteiger partial charge in [0.05, 0.1) is 0 Å². The van der Waals surface area contributed by atoms with Crippen molar-refractivity contribution < 1.29 is 22.4 Å². The molecule has 1 aliphatic heterocycles. The molecule has 0 spiro atoms. The van der Waals surface area contributed by atoms with Crippen LogP contribution in [0.5, 0.6) is 11.5 Å². The van der Waals surface area contributed by atoms with Crippen molar-refractivity contribution in [2.75, 3.05) is 20.3 Å². The molecule has 0 unspecified atom stereocenters. The zero-order valence-corrected chi connectivity index (χ0v) is 15.9. The van der Waals surface area contributed by atoms with Crippen LogP contribution in [0.4, 0.5) is 0 Å². The van der Waals surface area contributed by atoms with Crippen LogP contribution in [-0.2, 0) is 16.6 Å². The van der Waals surface area contributed by atoms with Crippen LogP contribution in [0.25, 0.3) is 0 Å². The van der Waals surface area contributed by atoms with Gasteiger partial charge in [-0.05, 0) is 31.5 Å². The number of rotatable bonds is 4. The average Bonchev–Trinajstić information content (AvgIpc) is 2.87. The molecule has 9 heteroatoms. The molecule has 0 bridgehead atoms. The first-order valence-electron chi connectivity index (χ1n) is 7.28. The van der Waals surface area contributed by atoms with Crippen LogP contribution in [0.15, 0.2) is 26.0 Å². The van der Waals surface area contributed by atoms with Crippen LogP contribution >= 0.6 is 15.9 Å². The van der Waals surface area contributed by atoms with Gasteiger partial charge in [-0.1, -0.05) is 21.1 Å². The molecule has 1 aromatic heterocycles. The fourth-order valence-electron chi connectivity index (χ4n) is 2.55. The molecule has 130 valence electrons. The molecule has 0 amide bonds. The van der Waals surface area contributed by atoms with E-state index in [0.717, 1.165) is 10.0 Å². The van der Waals surface area contributed by atoms with E-state index in [0.29, 0.717) is 30.4 Å². The quantitative estimate of drug-likeness (QED) is 0.761. The fourth-order valence-corrected chi connectivity index (χ4v) is 4.43. The van der Waals surface area contributed by atoms with Gasteiger partial charge in [-0.2, -0.15) is 4.31 Å². The Bertz CT molecular complexity index is 859. The minimum Gasteiger partial charge on any atom is -0.486 e. The van der Waals surface area contributed by atoms with Crippen molar-refractivity contribution in [3.63, 3.8) is 0 Å². The number of benzene rings is 1. The Labute approximate surface area is 148 Å². The number of sulfonamides is 1. The summed E-state index contributed by atoms with van der Waals surface area (Å²) in [6, 6.07) is 3.58. The van der Waals surface area contributed by atoms with Crippen molar-refractivity contribution in [2.24, 2.45) is 0 Å². The van der Waals surface area contributed by atoms with E-state index in [1.807, 2.05) is 0 Å². The average molecular weight is 417 g/mol. The standard InChI is InChI=1S/C15H17BrN2O5S/c1-9-15(10(2)23-17-9)24(19,20)18(3)8-11-6-13-14(7-12(11)16)22-5-4-21-13/h6-7H,4-5,8H2,1-3H3. The first-order valence-corrected chi connectivity index (χ1v) is 9.51. The maximum atomic E-state index is 12.8. The second-order valence-corrected chi connectivity index (χ2v) is 8.34. The predicted octanol–water partition coefficient (Wildman–Crippen LogP) is 2.65. The number of fused-ring (bicyclic) bond motifs is 1. The Morgan fingerprint density at radius 1 is 1.21 bits per heavy atom. The van der Waals surface area contributed by atoms with Gasteiger partial charge in [-0.3, -0.25) is 0 Å². The van der Waals surface area contributed by atoms with Crippen molar-refractivity contribution in [1.82, 2.24) is 9.46 Å². The summed E-state index contributed by atoms with van der Waals surface area (Å²) in [6.07, 6.45) is 0. The van der Waals surface area contributed by atoms with Gasteiger partial charge in [0, 0.05) is 18.1 Å². The van der Waals surface area contributed by atoms with Gasteiger partial charge in [0.15, 0.2) is 17.3 Å². The van der Waals surface area contributed by atoms with Gasteiger partial charge in [0.2, 0.25) is 10.0 Å². The molecule has 24 heavy (non-hydrogen) atoms. The van der Waals surface area contributed by atoms with Crippen molar-refractivity contribution in [3.05, 3.63) is 33.6 Å². The summed E-state index contributed by atoms with van der Waals surface area (Å²) in [4.78, 5) is 0.110. The molecule has 3 rings (SSSR count). The molecule has 0 saturated carbocycles. The Morgan fingerprint density at radius 2 is 1.83 bits per heavy atom. The van der Waals surface area contributed by atoms with Gasteiger partial charge in [0.25, 0.3) is 0 Å². The van der Waals surface area contributed by atoms with Gasteiger partial charge in [0.1, 0.15) is 23.8 Å². The van der Waals surface area contributed by atoms with Crippen molar-refractivity contribution in [3.8, 4) is 11.5 Å². The molecular formula is C15H17BrN2O5S. The lowest BCUT2D eigenvalue weighted by atomic mass is 10.2. The lowest BCUT2D eigenvalue weighted by Gasteiger charge is -2.22. The van der Waals surface area contributed by atoms with Gasteiger partial charge < -0.3 is 14.0 Å². The van der Waals surface area contributed by atoms with E-state index in [1.54, 1.807) is 26.0 Å². The molecule has 1 aromatic carbocycles. The Balaban J connectivity index is 1.91. The van der Waals surface area contributed by atoms with Crippen LogP contribution in [0, 0.1) is 13.8 Å². The van der Waals surface area contributed by atoms with Crippen LogP contribution in [0.1, 0.15) is 17.0 Å². The molecule has 0 N–H and O–H groups in total. The molecule has 2 heterocycles. The van der Waals surface area contributed by atoms with E-state index in [9.17, 15) is 8.42 Å². The fraction of sp³-hybridized carbons (Fsp3) is 0.400. The third kappa shape index (κ3) is 3.03. The minimum atomic E-state index is -3.71. The zero-order chi connectivity index (χ0) is 17.5. The number of hydrogen-bond acceptors (Lipinski definition) is 6. The SMILES string of the molecule is Cc1noc(C)c1S(=O)(=O)N(C)Cc1cc2c(cc1Br)OCCO2. The van der Waals surface area contributed by atoms with Gasteiger partial charge >= 0.3 is 0 Å². The maximum Gasteiger partial charge on any atom is 0.248 e. The predicted molar refractivity (Wildman–Crippen MR) is 89.8 cm³/mol. The first-order chi connectivity index (χ1) is 11.3. The van der Waals surface area contributed by atoms with E-state index < -0.39 is 10.0 Å². The summed E-state index contributed by atoms with van der Waals surface area (Å²) in [7, 11) is -2.19. The van der Waals surface area contributed by atoms with Crippen molar-refractivity contribution in [1.29, 1.82) is 0 Å². The number of nitrogens with zero attached hydrogens (tertiary/aromatic N) is 2. The summed E-state index contributed by atoms with van der Waals surface area (Å²) < 4.78 is 43.7. The van der Waals surface area contributed by atoms with E-state index in [4.69, 9.17) is 14.0 Å². The number of aryl methyl sites for hydroxylation is 2. The Hall–Kier alpha value is -1.58. The largest absolute Gasteiger partial charge is 0.486 e. The maximum absolute atomic E-state index is 12.8. The monoisotopic (exact) mass is 416 g/mol. The van der Waals surface area contributed by atoms with Crippen molar-refractivity contribution >= 4 is 26.0 Å². The summed E-state index contributed by atoms with van der Waals surface area (Å²) in [5, 5.41) is 3.72. The summed E-state index contributed by atoms with van der Waals surface area (Å²) in [5.74, 6) is 1.54. The highest BCUT2D eigenvalue weighted by Gasteiger charge is 2.29. The van der Waals surface area contributed by atoms with E-state index in [2.05, 4.69) is 21.1 Å².